The molecule has 1 rings (SSSR count). The van der Waals surface area contributed by atoms with E-state index in [2.05, 4.69) is 11.7 Å². The second-order valence-corrected chi connectivity index (χ2v) is 9.13. The molecule has 5 nitrogen and oxygen atoms in total. The highest BCUT2D eigenvalue weighted by atomic mass is 33.1. The Kier molecular flexibility index (Phi) is 8.55. The number of carbonyl (C=O) groups excluding carboxylic acids is 1. The molecule has 0 saturated carbocycles. The molecule has 0 heterocycles. The van der Waals surface area contributed by atoms with Gasteiger partial charge in [-0.05, 0) is 55.7 Å². The summed E-state index contributed by atoms with van der Waals surface area (Å²) >= 11 is 3.98. The van der Waals surface area contributed by atoms with Crippen LogP contribution in [0.25, 0.3) is 0 Å². The lowest BCUT2D eigenvalue weighted by Gasteiger charge is -2.30. The maximum absolute atomic E-state index is 12.8. The lowest BCUT2D eigenvalue weighted by molar-refractivity contribution is -0.111. The molecule has 0 aliphatic carbocycles. The van der Waals surface area contributed by atoms with Gasteiger partial charge < -0.3 is 4.52 Å². The van der Waals surface area contributed by atoms with E-state index >= 15 is 0 Å². The number of phosphoric acid groups is 1. The summed E-state index contributed by atoms with van der Waals surface area (Å²) in [5.74, 6) is 0.421. The molecule has 1 aromatic carbocycles. The second-order valence-electron chi connectivity index (χ2n) is 6.35. The van der Waals surface area contributed by atoms with E-state index in [4.69, 9.17) is 13.6 Å². The molecule has 0 aromatic heterocycles. The summed E-state index contributed by atoms with van der Waals surface area (Å²) < 4.78 is 29.1. The Labute approximate surface area is 159 Å². The minimum Gasteiger partial charge on any atom is -0.404 e. The molecule has 0 N–H and O–H groups in total. The smallest absolute Gasteiger partial charge is 0.404 e. The zero-order chi connectivity index (χ0) is 19.3. The molecule has 1 aromatic rings. The zero-order valence-corrected chi connectivity index (χ0v) is 18.2. The van der Waals surface area contributed by atoms with E-state index in [0.717, 1.165) is 27.5 Å². The van der Waals surface area contributed by atoms with Crippen molar-refractivity contribution in [1.29, 1.82) is 0 Å². The van der Waals surface area contributed by atoms with Crippen molar-refractivity contribution in [3.8, 4) is 5.75 Å². The number of hydrogen-bond donors (Lipinski definition) is 1. The maximum Gasteiger partial charge on any atom is 0.530 e. The van der Waals surface area contributed by atoms with Crippen LogP contribution < -0.4 is 4.52 Å². The van der Waals surface area contributed by atoms with Crippen molar-refractivity contribution in [2.45, 2.75) is 53.4 Å². The Balaban J connectivity index is 3.40. The predicted octanol–water partition coefficient (Wildman–Crippen LogP) is 5.64. The fraction of sp³-hybridized carbons (Fsp3) is 0.588. The molecule has 0 aliphatic rings. The van der Waals surface area contributed by atoms with Crippen LogP contribution in [0.3, 0.4) is 0 Å². The molecule has 0 spiro atoms. The van der Waals surface area contributed by atoms with E-state index in [0.29, 0.717) is 5.75 Å². The average Bonchev–Trinajstić information content (AvgIpc) is 2.45. The summed E-state index contributed by atoms with van der Waals surface area (Å²) in [7, 11) is -2.82. The molecule has 0 amide bonds. The van der Waals surface area contributed by atoms with Gasteiger partial charge in [-0.25, -0.2) is 4.57 Å². The van der Waals surface area contributed by atoms with E-state index in [1.54, 1.807) is 19.9 Å². The number of thiol groups is 1. The Morgan fingerprint density at radius 2 is 1.76 bits per heavy atom. The van der Waals surface area contributed by atoms with Gasteiger partial charge in [-0.2, -0.15) is 0 Å². The largest absolute Gasteiger partial charge is 0.530 e. The number of carbonyl (C=O) groups is 1. The van der Waals surface area contributed by atoms with Crippen molar-refractivity contribution in [3.05, 3.63) is 28.8 Å². The second kappa shape index (κ2) is 9.47. The number of hydrogen-bond acceptors (Lipinski definition) is 7. The molecule has 0 bridgehead atoms. The Bertz CT molecular complexity index is 651. The standard InChI is InChI=1S/C17H27O5PS2/c1-7-20-23(19,21-8-2)22-14-10-12(3)9-13(4)16(14)17(5,6)11-15(18)25-24/h9-10,24H,7-8,11H2,1-6H3. The fourth-order valence-electron chi connectivity index (χ4n) is 2.88. The monoisotopic (exact) mass is 406 g/mol. The minimum absolute atomic E-state index is 0.0444. The van der Waals surface area contributed by atoms with Crippen LogP contribution in [0.1, 0.15) is 50.8 Å². The lowest BCUT2D eigenvalue weighted by Crippen LogP contribution is -2.23. The molecular formula is C17H27O5PS2. The van der Waals surface area contributed by atoms with Gasteiger partial charge in [0.05, 0.1) is 13.2 Å². The molecule has 25 heavy (non-hydrogen) atoms. The summed E-state index contributed by atoms with van der Waals surface area (Å²) in [4.78, 5) is 11.9. The minimum atomic E-state index is -3.72. The molecule has 0 atom stereocenters. The van der Waals surface area contributed by atoms with Gasteiger partial charge in [0.2, 0.25) is 0 Å². The van der Waals surface area contributed by atoms with Gasteiger partial charge in [-0.3, -0.25) is 13.8 Å². The molecule has 0 saturated heterocycles. The van der Waals surface area contributed by atoms with Crippen LogP contribution in [0.15, 0.2) is 12.1 Å². The SMILES string of the molecule is CCOP(=O)(OCC)Oc1cc(C)cc(C)c1C(C)(C)CC(=O)SS. The van der Waals surface area contributed by atoms with Crippen LogP contribution in [-0.2, 0) is 23.8 Å². The molecule has 0 aliphatic heterocycles. The van der Waals surface area contributed by atoms with Crippen molar-refractivity contribution >= 4 is 35.4 Å². The molecule has 0 unspecified atom stereocenters. The summed E-state index contributed by atoms with van der Waals surface area (Å²) in [5.41, 5.74) is 2.20. The van der Waals surface area contributed by atoms with Gasteiger partial charge in [-0.15, -0.1) is 11.7 Å². The van der Waals surface area contributed by atoms with Crippen molar-refractivity contribution in [1.82, 2.24) is 0 Å². The first kappa shape index (κ1) is 22.6. The lowest BCUT2D eigenvalue weighted by atomic mass is 9.78. The third kappa shape index (κ3) is 6.33. The van der Waals surface area contributed by atoms with Gasteiger partial charge in [-0.1, -0.05) is 19.9 Å². The maximum atomic E-state index is 12.8. The molecule has 8 heteroatoms. The molecule has 0 fully saturated rings. The highest BCUT2D eigenvalue weighted by Crippen LogP contribution is 2.52. The summed E-state index contributed by atoms with van der Waals surface area (Å²) in [6.07, 6.45) is 0.273. The van der Waals surface area contributed by atoms with E-state index in [-0.39, 0.29) is 24.7 Å². The Hall–Kier alpha value is -0.460. The van der Waals surface area contributed by atoms with Crippen molar-refractivity contribution in [2.75, 3.05) is 13.2 Å². The summed E-state index contributed by atoms with van der Waals surface area (Å²) in [6.45, 7) is 11.6. The normalized spacial score (nSPS) is 12.3. The van der Waals surface area contributed by atoms with Crippen LogP contribution in [0.2, 0.25) is 0 Å². The average molecular weight is 407 g/mol. The van der Waals surface area contributed by atoms with E-state index in [1.165, 1.54) is 0 Å². The van der Waals surface area contributed by atoms with Crippen LogP contribution in [0.4, 0.5) is 0 Å². The number of aryl methyl sites for hydroxylation is 2. The number of rotatable bonds is 9. The van der Waals surface area contributed by atoms with Crippen LogP contribution in [-0.4, -0.2) is 18.3 Å². The zero-order valence-electron chi connectivity index (χ0n) is 15.6. The van der Waals surface area contributed by atoms with Crippen LogP contribution >= 0.6 is 30.3 Å². The fourth-order valence-corrected chi connectivity index (χ4v) is 4.69. The van der Waals surface area contributed by atoms with Gasteiger partial charge >= 0.3 is 7.82 Å². The van der Waals surface area contributed by atoms with Crippen molar-refractivity contribution in [2.24, 2.45) is 0 Å². The van der Waals surface area contributed by atoms with E-state index < -0.39 is 13.2 Å². The van der Waals surface area contributed by atoms with Crippen LogP contribution in [0, 0.1) is 13.8 Å². The predicted molar refractivity (Wildman–Crippen MR) is 107 cm³/mol. The third-order valence-corrected chi connectivity index (χ3v) is 6.12. The number of benzene rings is 1. The van der Waals surface area contributed by atoms with E-state index in [1.807, 2.05) is 33.8 Å². The van der Waals surface area contributed by atoms with Crippen molar-refractivity contribution in [3.63, 3.8) is 0 Å². The topological polar surface area (TPSA) is 61.8 Å². The molecule has 0 radical (unpaired) electrons. The van der Waals surface area contributed by atoms with Crippen LogP contribution in [0.5, 0.6) is 5.75 Å². The first-order chi connectivity index (χ1) is 11.6. The third-order valence-electron chi connectivity index (χ3n) is 3.59. The van der Waals surface area contributed by atoms with Gasteiger partial charge in [0.1, 0.15) is 5.75 Å². The Morgan fingerprint density at radius 3 is 2.24 bits per heavy atom. The first-order valence-corrected chi connectivity index (χ1v) is 11.5. The number of phosphoric ester groups is 1. The van der Waals surface area contributed by atoms with Gasteiger partial charge in [0, 0.05) is 17.4 Å². The first-order valence-electron chi connectivity index (χ1n) is 8.13. The van der Waals surface area contributed by atoms with Gasteiger partial charge in [0.15, 0.2) is 5.12 Å². The van der Waals surface area contributed by atoms with Gasteiger partial charge in [0.25, 0.3) is 0 Å². The molecule has 142 valence electrons. The molecular weight excluding hydrogens is 379 g/mol. The highest BCUT2D eigenvalue weighted by molar-refractivity contribution is 8.74. The Morgan fingerprint density at radius 1 is 1.20 bits per heavy atom. The summed E-state index contributed by atoms with van der Waals surface area (Å²) in [6, 6.07) is 3.81. The van der Waals surface area contributed by atoms with E-state index in [9.17, 15) is 9.36 Å². The highest BCUT2D eigenvalue weighted by Gasteiger charge is 2.34. The summed E-state index contributed by atoms with van der Waals surface area (Å²) in [5, 5.41) is -0.0444. The quantitative estimate of drug-likeness (QED) is 0.325. The van der Waals surface area contributed by atoms with Crippen molar-refractivity contribution < 1.29 is 22.9 Å².